The fourth-order valence-electron chi connectivity index (χ4n) is 2.10. The van der Waals surface area contributed by atoms with E-state index in [4.69, 9.17) is 21.9 Å². The lowest BCUT2D eigenvalue weighted by molar-refractivity contribution is 0.436. The summed E-state index contributed by atoms with van der Waals surface area (Å²) in [5, 5.41) is 4.49. The highest BCUT2D eigenvalue weighted by molar-refractivity contribution is 6.34. The molecule has 0 atom stereocenters. The maximum atomic E-state index is 6.35. The van der Waals surface area contributed by atoms with Crippen molar-refractivity contribution in [2.75, 3.05) is 5.73 Å². The molecule has 3 aromatic rings. The molecule has 20 heavy (non-hydrogen) atoms. The number of benzene rings is 1. The number of hydrogen-bond acceptors (Lipinski definition) is 4. The molecular weight excluding hydrogens is 274 g/mol. The van der Waals surface area contributed by atoms with Crippen molar-refractivity contribution in [2.24, 2.45) is 0 Å². The Morgan fingerprint density at radius 3 is 2.80 bits per heavy atom. The number of halogens is 1. The van der Waals surface area contributed by atoms with Gasteiger partial charge < -0.3 is 10.3 Å². The normalized spacial score (nSPS) is 10.7. The number of aromatic nitrogens is 2. The van der Waals surface area contributed by atoms with E-state index in [-0.39, 0.29) is 0 Å². The second-order valence-corrected chi connectivity index (χ2v) is 4.83. The van der Waals surface area contributed by atoms with E-state index >= 15 is 0 Å². The maximum Gasteiger partial charge on any atom is 0.178 e. The van der Waals surface area contributed by atoms with Crippen LogP contribution < -0.4 is 5.73 Å². The van der Waals surface area contributed by atoms with Crippen molar-refractivity contribution < 1.29 is 4.52 Å². The van der Waals surface area contributed by atoms with E-state index in [0.29, 0.717) is 22.2 Å². The number of rotatable bonds is 2. The minimum Gasteiger partial charge on any atom is -0.380 e. The Morgan fingerprint density at radius 2 is 2.05 bits per heavy atom. The third kappa shape index (κ3) is 2.04. The van der Waals surface area contributed by atoms with Crippen LogP contribution in [0.5, 0.6) is 0 Å². The number of pyridine rings is 1. The highest BCUT2D eigenvalue weighted by Crippen LogP contribution is 2.39. The van der Waals surface area contributed by atoms with Gasteiger partial charge in [0.2, 0.25) is 0 Å². The average molecular weight is 286 g/mol. The summed E-state index contributed by atoms with van der Waals surface area (Å²) in [4.78, 5) is 4.10. The van der Waals surface area contributed by atoms with Crippen molar-refractivity contribution in [3.8, 4) is 22.5 Å². The largest absolute Gasteiger partial charge is 0.380 e. The molecule has 0 amide bonds. The fourth-order valence-corrected chi connectivity index (χ4v) is 2.31. The molecule has 0 aliphatic carbocycles. The first-order valence-electron chi connectivity index (χ1n) is 6.09. The summed E-state index contributed by atoms with van der Waals surface area (Å²) in [5.41, 5.74) is 9.22. The lowest BCUT2D eigenvalue weighted by Crippen LogP contribution is -1.90. The summed E-state index contributed by atoms with van der Waals surface area (Å²) in [6.45, 7) is 1.94. The predicted molar refractivity (Wildman–Crippen MR) is 79.3 cm³/mol. The van der Waals surface area contributed by atoms with Crippen molar-refractivity contribution >= 4 is 17.4 Å². The van der Waals surface area contributed by atoms with Crippen molar-refractivity contribution in [2.45, 2.75) is 6.92 Å². The lowest BCUT2D eigenvalue weighted by Gasteiger charge is -2.06. The molecule has 2 heterocycles. The van der Waals surface area contributed by atoms with E-state index < -0.39 is 0 Å². The second-order valence-electron chi connectivity index (χ2n) is 4.45. The van der Waals surface area contributed by atoms with Gasteiger partial charge >= 0.3 is 0 Å². The number of hydrogen-bond donors (Lipinski definition) is 1. The molecule has 5 heteroatoms. The zero-order valence-corrected chi connectivity index (χ0v) is 11.6. The molecule has 2 N–H and O–H groups in total. The molecule has 0 unspecified atom stereocenters. The van der Waals surface area contributed by atoms with Crippen molar-refractivity contribution in [3.63, 3.8) is 0 Å². The first-order valence-corrected chi connectivity index (χ1v) is 6.47. The number of aryl methyl sites for hydroxylation is 1. The van der Waals surface area contributed by atoms with Gasteiger partial charge in [0.25, 0.3) is 0 Å². The average Bonchev–Trinajstić information content (AvgIpc) is 2.84. The summed E-state index contributed by atoms with van der Waals surface area (Å²) in [6, 6.07) is 9.49. The molecule has 0 saturated heterocycles. The first-order chi connectivity index (χ1) is 9.68. The van der Waals surface area contributed by atoms with Crippen LogP contribution in [0.15, 0.2) is 47.2 Å². The third-order valence-corrected chi connectivity index (χ3v) is 3.61. The molecule has 100 valence electrons. The molecule has 4 nitrogen and oxygen atoms in total. The lowest BCUT2D eigenvalue weighted by atomic mass is 10.0. The standard InChI is InChI=1S/C15H12ClN3O/c1-9-4-2-6-11(13(9)16)14-12(15(17)19-20-14)10-5-3-7-18-8-10/h2-8H,1H3,(H2,17,19). The Bertz CT molecular complexity index is 753. The minimum atomic E-state index is 0.325. The van der Waals surface area contributed by atoms with Crippen LogP contribution in [0.3, 0.4) is 0 Å². The molecule has 2 aromatic heterocycles. The van der Waals surface area contributed by atoms with Gasteiger partial charge in [0, 0.05) is 23.5 Å². The molecule has 0 aliphatic heterocycles. The Morgan fingerprint density at radius 1 is 1.20 bits per heavy atom. The van der Waals surface area contributed by atoms with Crippen LogP contribution in [-0.4, -0.2) is 10.1 Å². The van der Waals surface area contributed by atoms with E-state index in [0.717, 1.165) is 16.7 Å². The van der Waals surface area contributed by atoms with E-state index in [1.807, 2.05) is 37.3 Å². The van der Waals surface area contributed by atoms with Gasteiger partial charge in [-0.05, 0) is 24.6 Å². The van der Waals surface area contributed by atoms with Crippen molar-refractivity contribution in [1.29, 1.82) is 0 Å². The van der Waals surface area contributed by atoms with Crippen molar-refractivity contribution in [3.05, 3.63) is 53.3 Å². The molecule has 0 aliphatic rings. The van der Waals surface area contributed by atoms with Gasteiger partial charge in [0.05, 0.1) is 10.6 Å². The Balaban J connectivity index is 2.24. The van der Waals surface area contributed by atoms with E-state index in [1.54, 1.807) is 12.4 Å². The summed E-state index contributed by atoms with van der Waals surface area (Å²) in [5.74, 6) is 0.884. The molecule has 3 rings (SSSR count). The second kappa shape index (κ2) is 4.98. The van der Waals surface area contributed by atoms with Crippen LogP contribution in [-0.2, 0) is 0 Å². The zero-order valence-electron chi connectivity index (χ0n) is 10.8. The van der Waals surface area contributed by atoms with Crippen LogP contribution in [0.25, 0.3) is 22.5 Å². The summed E-state index contributed by atoms with van der Waals surface area (Å²) in [7, 11) is 0. The van der Waals surface area contributed by atoms with Gasteiger partial charge in [0.15, 0.2) is 11.6 Å². The monoisotopic (exact) mass is 285 g/mol. The summed E-state index contributed by atoms with van der Waals surface area (Å²) < 4.78 is 5.38. The number of nitrogens with zero attached hydrogens (tertiary/aromatic N) is 2. The highest BCUT2D eigenvalue weighted by atomic mass is 35.5. The summed E-state index contributed by atoms with van der Waals surface area (Å²) in [6.07, 6.45) is 3.42. The van der Waals surface area contributed by atoms with Crippen LogP contribution in [0, 0.1) is 6.92 Å². The Kier molecular flexibility index (Phi) is 3.16. The van der Waals surface area contributed by atoms with Gasteiger partial charge in [-0.2, -0.15) is 0 Å². The number of anilines is 1. The van der Waals surface area contributed by atoms with Gasteiger partial charge in [-0.15, -0.1) is 0 Å². The van der Waals surface area contributed by atoms with E-state index in [2.05, 4.69) is 10.1 Å². The molecule has 0 spiro atoms. The van der Waals surface area contributed by atoms with E-state index in [9.17, 15) is 0 Å². The van der Waals surface area contributed by atoms with Crippen LogP contribution in [0.4, 0.5) is 5.82 Å². The molecule has 1 aromatic carbocycles. The van der Waals surface area contributed by atoms with E-state index in [1.165, 1.54) is 0 Å². The Hall–Kier alpha value is -2.33. The fraction of sp³-hybridized carbons (Fsp3) is 0.0667. The Labute approximate surface area is 121 Å². The van der Waals surface area contributed by atoms with Crippen LogP contribution in [0.1, 0.15) is 5.56 Å². The van der Waals surface area contributed by atoms with Gasteiger partial charge in [-0.1, -0.05) is 35.0 Å². The topological polar surface area (TPSA) is 64.9 Å². The van der Waals surface area contributed by atoms with Gasteiger partial charge in [0.1, 0.15) is 0 Å². The van der Waals surface area contributed by atoms with Crippen LogP contribution in [0.2, 0.25) is 5.02 Å². The SMILES string of the molecule is Cc1cccc(-c2onc(N)c2-c2cccnc2)c1Cl. The highest BCUT2D eigenvalue weighted by Gasteiger charge is 2.20. The number of nitrogen functional groups attached to an aromatic ring is 1. The van der Waals surface area contributed by atoms with Gasteiger partial charge in [-0.25, -0.2) is 0 Å². The van der Waals surface area contributed by atoms with Crippen molar-refractivity contribution in [1.82, 2.24) is 10.1 Å². The molecule has 0 radical (unpaired) electrons. The zero-order chi connectivity index (χ0) is 14.1. The predicted octanol–water partition coefficient (Wildman–Crippen LogP) is 3.95. The van der Waals surface area contributed by atoms with Crippen LogP contribution >= 0.6 is 11.6 Å². The molecular formula is C15H12ClN3O. The first kappa shape index (κ1) is 12.7. The van der Waals surface area contributed by atoms with Gasteiger partial charge in [-0.3, -0.25) is 4.98 Å². The molecule has 0 fully saturated rings. The number of nitrogens with two attached hydrogens (primary N) is 1. The summed E-state index contributed by atoms with van der Waals surface area (Å²) >= 11 is 6.35. The smallest absolute Gasteiger partial charge is 0.178 e. The maximum absolute atomic E-state index is 6.35. The minimum absolute atomic E-state index is 0.325. The third-order valence-electron chi connectivity index (χ3n) is 3.11. The molecule has 0 saturated carbocycles. The quantitative estimate of drug-likeness (QED) is 0.774. The molecule has 0 bridgehead atoms.